The molecule has 0 bridgehead atoms. The molecule has 1 aromatic carbocycles. The summed E-state index contributed by atoms with van der Waals surface area (Å²) in [6.07, 6.45) is 0.805. The fourth-order valence-electron chi connectivity index (χ4n) is 1.68. The van der Waals surface area contributed by atoms with Crippen LogP contribution in [0, 0.1) is 0 Å². The maximum absolute atomic E-state index is 12.2. The van der Waals surface area contributed by atoms with Gasteiger partial charge in [0.2, 0.25) is 0 Å². The molecular formula is C14H21N5O3S. The van der Waals surface area contributed by atoms with E-state index in [1.54, 1.807) is 32.4 Å². The monoisotopic (exact) mass is 339 g/mol. The number of thiocarbonyl (C=S) groups is 1. The first-order chi connectivity index (χ1) is 10.9. The third-order valence-electron chi connectivity index (χ3n) is 2.77. The molecule has 5 N–H and O–H groups in total. The molecule has 1 rings (SSSR count). The molecule has 0 unspecified atom stereocenters. The number of hydrazine groups is 1. The normalized spacial score (nSPS) is 9.83. The van der Waals surface area contributed by atoms with Crippen molar-refractivity contribution in [2.24, 2.45) is 5.73 Å². The SMILES string of the molecule is COCCCNC(=S)N(C)NC(=O)c1cccc(NC(N)=O)c1. The average molecular weight is 339 g/mol. The van der Waals surface area contributed by atoms with Gasteiger partial charge in [-0.05, 0) is 36.8 Å². The Bertz CT molecular complexity index is 567. The Kier molecular flexibility index (Phi) is 7.78. The molecular weight excluding hydrogens is 318 g/mol. The van der Waals surface area contributed by atoms with Crippen molar-refractivity contribution in [1.82, 2.24) is 15.8 Å². The second kappa shape index (κ2) is 9.59. The number of benzene rings is 1. The molecule has 1 aromatic rings. The molecule has 0 spiro atoms. The van der Waals surface area contributed by atoms with Crippen LogP contribution in [0.3, 0.4) is 0 Å². The number of carbonyl (C=O) groups is 2. The highest BCUT2D eigenvalue weighted by molar-refractivity contribution is 7.80. The second-order valence-electron chi connectivity index (χ2n) is 4.65. The van der Waals surface area contributed by atoms with Crippen LogP contribution in [0.25, 0.3) is 0 Å². The third-order valence-corrected chi connectivity index (χ3v) is 3.19. The number of methoxy groups -OCH3 is 1. The van der Waals surface area contributed by atoms with Gasteiger partial charge in [-0.25, -0.2) is 4.79 Å². The van der Waals surface area contributed by atoms with E-state index < -0.39 is 6.03 Å². The van der Waals surface area contributed by atoms with Gasteiger partial charge in [-0.1, -0.05) is 6.07 Å². The number of ether oxygens (including phenoxy) is 1. The van der Waals surface area contributed by atoms with Crippen molar-refractivity contribution in [2.45, 2.75) is 6.42 Å². The molecule has 0 aliphatic heterocycles. The lowest BCUT2D eigenvalue weighted by molar-refractivity contribution is 0.0886. The van der Waals surface area contributed by atoms with Crippen LogP contribution in [0.15, 0.2) is 24.3 Å². The van der Waals surface area contributed by atoms with Gasteiger partial charge in [0, 0.05) is 38.6 Å². The van der Waals surface area contributed by atoms with Crippen LogP contribution in [-0.4, -0.2) is 49.4 Å². The van der Waals surface area contributed by atoms with Gasteiger partial charge in [0.25, 0.3) is 5.91 Å². The maximum Gasteiger partial charge on any atom is 0.316 e. The van der Waals surface area contributed by atoms with Crippen LogP contribution in [0.4, 0.5) is 10.5 Å². The summed E-state index contributed by atoms with van der Waals surface area (Å²) in [5.41, 5.74) is 8.48. The molecule has 0 aliphatic carbocycles. The highest BCUT2D eigenvalue weighted by Gasteiger charge is 2.11. The summed E-state index contributed by atoms with van der Waals surface area (Å²) in [6.45, 7) is 1.27. The lowest BCUT2D eigenvalue weighted by atomic mass is 10.2. The summed E-state index contributed by atoms with van der Waals surface area (Å²) in [6, 6.07) is 5.71. The Balaban J connectivity index is 2.54. The molecule has 0 atom stereocenters. The van der Waals surface area contributed by atoms with Gasteiger partial charge in [-0.2, -0.15) is 0 Å². The molecule has 0 aliphatic rings. The number of rotatable bonds is 6. The Labute approximate surface area is 140 Å². The topological polar surface area (TPSA) is 109 Å². The summed E-state index contributed by atoms with van der Waals surface area (Å²) in [5.74, 6) is -0.360. The predicted octanol–water partition coefficient (Wildman–Crippen LogP) is 0.665. The number of urea groups is 1. The summed E-state index contributed by atoms with van der Waals surface area (Å²) >= 11 is 5.16. The van der Waals surface area contributed by atoms with Gasteiger partial charge in [0.15, 0.2) is 5.11 Å². The van der Waals surface area contributed by atoms with Gasteiger partial charge in [0.05, 0.1) is 0 Å². The number of nitrogens with one attached hydrogen (secondary N) is 3. The number of hydrogen-bond donors (Lipinski definition) is 4. The van der Waals surface area contributed by atoms with Crippen LogP contribution in [0.1, 0.15) is 16.8 Å². The molecule has 3 amide bonds. The lowest BCUT2D eigenvalue weighted by Crippen LogP contribution is -2.48. The fraction of sp³-hybridized carbons (Fsp3) is 0.357. The highest BCUT2D eigenvalue weighted by atomic mass is 32.1. The molecule has 9 heteroatoms. The van der Waals surface area contributed by atoms with E-state index in [-0.39, 0.29) is 5.91 Å². The molecule has 8 nitrogen and oxygen atoms in total. The smallest absolute Gasteiger partial charge is 0.316 e. The van der Waals surface area contributed by atoms with Crippen LogP contribution >= 0.6 is 12.2 Å². The van der Waals surface area contributed by atoms with Crippen molar-refractivity contribution in [2.75, 3.05) is 32.6 Å². The van der Waals surface area contributed by atoms with Crippen LogP contribution in [0.5, 0.6) is 0 Å². The van der Waals surface area contributed by atoms with E-state index in [1.807, 2.05) is 0 Å². The zero-order valence-electron chi connectivity index (χ0n) is 13.1. The number of nitrogens with two attached hydrogens (primary N) is 1. The fourth-order valence-corrected chi connectivity index (χ4v) is 1.83. The standard InChI is InChI=1S/C14H21N5O3S/c1-19(14(23)16-7-4-8-22-2)18-12(20)10-5-3-6-11(9-10)17-13(15)21/h3,5-6,9H,4,7-8H2,1-2H3,(H,16,23)(H,18,20)(H3,15,17,21). The van der Waals surface area contributed by atoms with E-state index in [0.717, 1.165) is 6.42 Å². The Morgan fingerprint density at radius 3 is 2.78 bits per heavy atom. The maximum atomic E-state index is 12.2. The third kappa shape index (κ3) is 6.94. The largest absolute Gasteiger partial charge is 0.385 e. The van der Waals surface area contributed by atoms with Gasteiger partial charge in [-0.3, -0.25) is 15.2 Å². The van der Waals surface area contributed by atoms with Crippen molar-refractivity contribution in [3.05, 3.63) is 29.8 Å². The molecule has 23 heavy (non-hydrogen) atoms. The van der Waals surface area contributed by atoms with Crippen molar-refractivity contribution < 1.29 is 14.3 Å². The molecule has 0 radical (unpaired) electrons. The van der Waals surface area contributed by atoms with Crippen LogP contribution in [0.2, 0.25) is 0 Å². The number of nitrogens with zero attached hydrogens (tertiary/aromatic N) is 1. The van der Waals surface area contributed by atoms with E-state index in [9.17, 15) is 9.59 Å². The minimum Gasteiger partial charge on any atom is -0.385 e. The number of hydrogen-bond acceptors (Lipinski definition) is 4. The van der Waals surface area contributed by atoms with Crippen LogP contribution in [-0.2, 0) is 4.74 Å². The molecule has 0 heterocycles. The van der Waals surface area contributed by atoms with Gasteiger partial charge >= 0.3 is 6.03 Å². The number of anilines is 1. The zero-order valence-corrected chi connectivity index (χ0v) is 13.9. The molecule has 0 saturated carbocycles. The molecule has 0 aromatic heterocycles. The first-order valence-electron chi connectivity index (χ1n) is 6.92. The van der Waals surface area contributed by atoms with E-state index in [4.69, 9.17) is 22.7 Å². The van der Waals surface area contributed by atoms with E-state index in [0.29, 0.717) is 29.5 Å². The van der Waals surface area contributed by atoms with Crippen LogP contribution < -0.4 is 21.8 Å². The minimum absolute atomic E-state index is 0.360. The lowest BCUT2D eigenvalue weighted by Gasteiger charge is -2.21. The predicted molar refractivity (Wildman–Crippen MR) is 92.0 cm³/mol. The highest BCUT2D eigenvalue weighted by Crippen LogP contribution is 2.10. The Hall–Kier alpha value is -2.39. The first-order valence-corrected chi connectivity index (χ1v) is 7.33. The van der Waals surface area contributed by atoms with Crippen molar-refractivity contribution in [1.29, 1.82) is 0 Å². The summed E-state index contributed by atoms with van der Waals surface area (Å²) in [5, 5.41) is 7.22. The Morgan fingerprint density at radius 1 is 1.39 bits per heavy atom. The van der Waals surface area contributed by atoms with Crippen molar-refractivity contribution in [3.8, 4) is 0 Å². The van der Waals surface area contributed by atoms with Gasteiger partial charge in [-0.15, -0.1) is 0 Å². The zero-order chi connectivity index (χ0) is 17.2. The average Bonchev–Trinajstić information content (AvgIpc) is 2.50. The first kappa shape index (κ1) is 18.7. The second-order valence-corrected chi connectivity index (χ2v) is 5.03. The van der Waals surface area contributed by atoms with Gasteiger partial charge in [0.1, 0.15) is 0 Å². The quantitative estimate of drug-likeness (QED) is 0.344. The van der Waals surface area contributed by atoms with E-state index in [2.05, 4.69) is 16.1 Å². The molecule has 126 valence electrons. The van der Waals surface area contributed by atoms with Gasteiger partial charge < -0.3 is 21.1 Å². The summed E-state index contributed by atoms with van der Waals surface area (Å²) in [7, 11) is 3.26. The molecule has 0 fully saturated rings. The number of amides is 3. The Morgan fingerprint density at radius 2 is 2.13 bits per heavy atom. The van der Waals surface area contributed by atoms with E-state index in [1.165, 1.54) is 11.1 Å². The van der Waals surface area contributed by atoms with Crippen molar-refractivity contribution >= 4 is 35.0 Å². The van der Waals surface area contributed by atoms with E-state index >= 15 is 0 Å². The molecule has 0 saturated heterocycles. The number of carbonyl (C=O) groups excluding carboxylic acids is 2. The summed E-state index contributed by atoms with van der Waals surface area (Å²) < 4.78 is 4.94. The van der Waals surface area contributed by atoms with Crippen molar-refractivity contribution in [3.63, 3.8) is 0 Å². The minimum atomic E-state index is -0.693. The summed E-state index contributed by atoms with van der Waals surface area (Å²) in [4.78, 5) is 23.0. The number of primary amides is 1.